The zero-order valence-corrected chi connectivity index (χ0v) is 13.1. The number of pyridine rings is 1. The van der Waals surface area contributed by atoms with Gasteiger partial charge in [-0.15, -0.1) is 0 Å². The molecule has 22 heavy (non-hydrogen) atoms. The summed E-state index contributed by atoms with van der Waals surface area (Å²) in [4.78, 5) is 33.6. The van der Waals surface area contributed by atoms with Crippen molar-refractivity contribution < 1.29 is 9.72 Å². The smallest absolute Gasteiger partial charge is 0.285 e. The van der Waals surface area contributed by atoms with E-state index in [2.05, 4.69) is 19.2 Å². The van der Waals surface area contributed by atoms with Gasteiger partial charge in [-0.3, -0.25) is 24.3 Å². The van der Waals surface area contributed by atoms with E-state index in [9.17, 15) is 19.7 Å². The molecule has 1 atom stereocenters. The van der Waals surface area contributed by atoms with Gasteiger partial charge in [0.1, 0.15) is 6.54 Å². The summed E-state index contributed by atoms with van der Waals surface area (Å²) in [6.07, 6.45) is 5.38. The lowest BCUT2D eigenvalue weighted by Crippen LogP contribution is -2.34. The molecule has 0 saturated heterocycles. The quantitative estimate of drug-likeness (QED) is 0.558. The van der Waals surface area contributed by atoms with E-state index in [1.54, 1.807) is 0 Å². The van der Waals surface area contributed by atoms with E-state index in [4.69, 9.17) is 0 Å². The highest BCUT2D eigenvalue weighted by Crippen LogP contribution is 2.11. The molecule has 7 nitrogen and oxygen atoms in total. The van der Waals surface area contributed by atoms with Gasteiger partial charge in [0, 0.05) is 18.7 Å². The lowest BCUT2D eigenvalue weighted by molar-refractivity contribution is -0.385. The van der Waals surface area contributed by atoms with Gasteiger partial charge in [0.2, 0.25) is 5.91 Å². The van der Waals surface area contributed by atoms with Crippen molar-refractivity contribution >= 4 is 11.6 Å². The van der Waals surface area contributed by atoms with E-state index in [1.165, 1.54) is 0 Å². The van der Waals surface area contributed by atoms with Gasteiger partial charge in [0.25, 0.3) is 11.2 Å². The Labute approximate surface area is 129 Å². The van der Waals surface area contributed by atoms with Crippen LogP contribution in [0.1, 0.15) is 39.5 Å². The Kier molecular flexibility index (Phi) is 7.28. The van der Waals surface area contributed by atoms with Gasteiger partial charge in [-0.2, -0.15) is 0 Å². The largest absolute Gasteiger partial charge is 0.354 e. The van der Waals surface area contributed by atoms with E-state index >= 15 is 0 Å². The van der Waals surface area contributed by atoms with Crippen LogP contribution in [0.2, 0.25) is 0 Å². The molecule has 7 heteroatoms. The predicted molar refractivity (Wildman–Crippen MR) is 83.7 cm³/mol. The number of carbonyl (C=O) groups excluding carboxylic acids is 1. The maximum absolute atomic E-state index is 11.9. The number of nitrogens with zero attached hydrogens (tertiary/aromatic N) is 2. The van der Waals surface area contributed by atoms with E-state index in [-0.39, 0.29) is 18.1 Å². The number of hydrogen-bond acceptors (Lipinski definition) is 4. The van der Waals surface area contributed by atoms with Crippen molar-refractivity contribution in [3.63, 3.8) is 0 Å². The van der Waals surface area contributed by atoms with Gasteiger partial charge < -0.3 is 5.32 Å². The van der Waals surface area contributed by atoms with Crippen LogP contribution in [-0.4, -0.2) is 21.9 Å². The first kappa shape index (κ1) is 17.9. The zero-order chi connectivity index (χ0) is 16.5. The molecule has 0 radical (unpaired) electrons. The van der Waals surface area contributed by atoms with Crippen LogP contribution in [0.25, 0.3) is 0 Å². The number of unbranched alkanes of at least 4 members (excludes halogenated alkanes) is 1. The summed E-state index contributed by atoms with van der Waals surface area (Å²) < 4.78 is 1.06. The summed E-state index contributed by atoms with van der Waals surface area (Å²) in [5, 5.41) is 13.5. The maximum atomic E-state index is 11.9. The minimum Gasteiger partial charge on any atom is -0.354 e. The fourth-order valence-electron chi connectivity index (χ4n) is 2.16. The Bertz CT molecular complexity index is 568. The fraction of sp³-hybridized carbons (Fsp3) is 0.600. The van der Waals surface area contributed by atoms with Crippen LogP contribution in [0.15, 0.2) is 23.1 Å². The second-order valence-electron chi connectivity index (χ2n) is 5.33. The first-order valence-corrected chi connectivity index (χ1v) is 7.59. The average molecular weight is 309 g/mol. The SMILES string of the molecule is CCCC[C@H](CC)CNC(=O)Cn1cc([N+](=O)[O-])ccc1=O. The summed E-state index contributed by atoms with van der Waals surface area (Å²) in [5.74, 6) is 0.114. The Morgan fingerprint density at radius 3 is 2.73 bits per heavy atom. The summed E-state index contributed by atoms with van der Waals surface area (Å²) in [5.41, 5.74) is -0.638. The Morgan fingerprint density at radius 1 is 1.41 bits per heavy atom. The van der Waals surface area contributed by atoms with Crippen LogP contribution in [0.4, 0.5) is 5.69 Å². The molecule has 1 heterocycles. The fourth-order valence-corrected chi connectivity index (χ4v) is 2.16. The van der Waals surface area contributed by atoms with E-state index in [0.29, 0.717) is 12.5 Å². The standard InChI is InChI=1S/C15H23N3O4/c1-3-5-6-12(4-2)9-16-14(19)11-17-10-13(18(21)22)7-8-15(17)20/h7-8,10,12H,3-6,9,11H2,1-2H3,(H,16,19)/t12-/m0/s1. The molecule has 0 aliphatic carbocycles. The van der Waals surface area contributed by atoms with E-state index in [0.717, 1.165) is 48.6 Å². The number of carbonyl (C=O) groups is 1. The molecule has 1 amide bonds. The lowest BCUT2D eigenvalue weighted by atomic mass is 9.99. The van der Waals surface area contributed by atoms with Gasteiger partial charge in [-0.25, -0.2) is 0 Å². The van der Waals surface area contributed by atoms with Gasteiger partial charge in [0.05, 0.1) is 11.1 Å². The second-order valence-corrected chi connectivity index (χ2v) is 5.33. The topological polar surface area (TPSA) is 94.2 Å². The number of aromatic nitrogens is 1. The van der Waals surface area contributed by atoms with Crippen molar-refractivity contribution in [3.8, 4) is 0 Å². The number of rotatable bonds is 9. The Balaban J connectivity index is 2.59. The molecule has 0 bridgehead atoms. The minimum atomic E-state index is -0.592. The molecule has 0 aliphatic heterocycles. The third-order valence-electron chi connectivity index (χ3n) is 3.62. The van der Waals surface area contributed by atoms with Gasteiger partial charge >= 0.3 is 0 Å². The molecule has 1 N–H and O–H groups in total. The van der Waals surface area contributed by atoms with E-state index in [1.807, 2.05) is 0 Å². The number of nitrogens with one attached hydrogen (secondary N) is 1. The highest BCUT2D eigenvalue weighted by atomic mass is 16.6. The third kappa shape index (κ3) is 5.67. The number of amides is 1. The highest BCUT2D eigenvalue weighted by molar-refractivity contribution is 5.75. The molecule has 0 fully saturated rings. The highest BCUT2D eigenvalue weighted by Gasteiger charge is 2.12. The van der Waals surface area contributed by atoms with Crippen LogP contribution in [0.5, 0.6) is 0 Å². The van der Waals surface area contributed by atoms with Crippen LogP contribution < -0.4 is 10.9 Å². The molecule has 0 aromatic carbocycles. The summed E-state index contributed by atoms with van der Waals surface area (Å²) >= 11 is 0. The van der Waals surface area contributed by atoms with Crippen molar-refractivity contribution in [2.24, 2.45) is 5.92 Å². The molecular formula is C15H23N3O4. The molecular weight excluding hydrogens is 286 g/mol. The molecule has 1 aromatic heterocycles. The average Bonchev–Trinajstić information content (AvgIpc) is 2.49. The van der Waals surface area contributed by atoms with Gasteiger partial charge in [-0.1, -0.05) is 33.1 Å². The molecule has 1 aromatic rings. The van der Waals surface area contributed by atoms with Crippen LogP contribution in [0.3, 0.4) is 0 Å². The number of nitro groups is 1. The Morgan fingerprint density at radius 2 is 2.14 bits per heavy atom. The van der Waals surface area contributed by atoms with Crippen molar-refractivity contribution in [2.75, 3.05) is 6.54 Å². The lowest BCUT2D eigenvalue weighted by Gasteiger charge is -2.15. The Hall–Kier alpha value is -2.18. The van der Waals surface area contributed by atoms with Crippen molar-refractivity contribution in [1.82, 2.24) is 9.88 Å². The van der Waals surface area contributed by atoms with Crippen LogP contribution in [0, 0.1) is 16.0 Å². The van der Waals surface area contributed by atoms with Crippen LogP contribution in [-0.2, 0) is 11.3 Å². The first-order valence-electron chi connectivity index (χ1n) is 7.59. The zero-order valence-electron chi connectivity index (χ0n) is 13.1. The summed E-state index contributed by atoms with van der Waals surface area (Å²) in [6.45, 7) is 4.57. The summed E-state index contributed by atoms with van der Waals surface area (Å²) in [7, 11) is 0. The second kappa shape index (κ2) is 8.96. The molecule has 0 aliphatic rings. The molecule has 0 unspecified atom stereocenters. The first-order chi connectivity index (χ1) is 10.5. The molecule has 1 rings (SSSR count). The number of hydrogen-bond donors (Lipinski definition) is 1. The van der Waals surface area contributed by atoms with Gasteiger partial charge in [0.15, 0.2) is 0 Å². The van der Waals surface area contributed by atoms with Crippen LogP contribution >= 0.6 is 0 Å². The van der Waals surface area contributed by atoms with Crippen molar-refractivity contribution in [2.45, 2.75) is 46.1 Å². The van der Waals surface area contributed by atoms with Gasteiger partial charge in [-0.05, 0) is 12.3 Å². The monoisotopic (exact) mass is 309 g/mol. The predicted octanol–water partition coefficient (Wildman–Crippen LogP) is 2.09. The molecule has 0 saturated carbocycles. The molecule has 122 valence electrons. The molecule has 0 spiro atoms. The van der Waals surface area contributed by atoms with Crippen molar-refractivity contribution in [1.29, 1.82) is 0 Å². The summed E-state index contributed by atoms with van der Waals surface area (Å²) in [6, 6.07) is 2.23. The van der Waals surface area contributed by atoms with E-state index < -0.39 is 10.5 Å². The third-order valence-corrected chi connectivity index (χ3v) is 3.62. The normalized spacial score (nSPS) is 11.9. The maximum Gasteiger partial charge on any atom is 0.285 e. The van der Waals surface area contributed by atoms with Crippen molar-refractivity contribution in [3.05, 3.63) is 38.8 Å². The minimum absolute atomic E-state index is 0.204.